The molecule has 1 heteroatoms. The van der Waals surface area contributed by atoms with Crippen LogP contribution < -0.4 is 4.90 Å². The largest absolute Gasteiger partial charge is 0.310 e. The molecule has 0 aliphatic rings. The summed E-state index contributed by atoms with van der Waals surface area (Å²) in [7, 11) is 0. The molecule has 0 aromatic heterocycles. The topological polar surface area (TPSA) is 3.24 Å². The summed E-state index contributed by atoms with van der Waals surface area (Å²) in [5.74, 6) is 0. The second-order valence-corrected chi connectivity index (χ2v) is 6.46. The van der Waals surface area contributed by atoms with E-state index < -0.39 is 0 Å². The highest BCUT2D eigenvalue weighted by Gasteiger charge is 2.12. The van der Waals surface area contributed by atoms with Gasteiger partial charge in [-0.25, -0.2) is 0 Å². The lowest BCUT2D eigenvalue weighted by molar-refractivity contribution is 0.795. The molecule has 0 fully saturated rings. The van der Waals surface area contributed by atoms with E-state index in [4.69, 9.17) is 0 Å². The predicted molar refractivity (Wildman–Crippen MR) is 109 cm³/mol. The minimum atomic E-state index is 1.05. The van der Waals surface area contributed by atoms with Crippen LogP contribution in [-0.4, -0.2) is 0 Å². The Labute approximate surface area is 151 Å². The van der Waals surface area contributed by atoms with Gasteiger partial charge in [-0.2, -0.15) is 0 Å². The summed E-state index contributed by atoms with van der Waals surface area (Å²) in [5, 5.41) is 0. The molecule has 3 rings (SSSR count). The molecule has 25 heavy (non-hydrogen) atoms. The van der Waals surface area contributed by atoms with Crippen molar-refractivity contribution in [3.8, 4) is 0 Å². The Morgan fingerprint density at radius 2 is 1.32 bits per heavy atom. The first kappa shape index (κ1) is 17.3. The van der Waals surface area contributed by atoms with Crippen LogP contribution in [0.25, 0.3) is 0 Å². The van der Waals surface area contributed by atoms with Crippen molar-refractivity contribution < 1.29 is 0 Å². The molecule has 0 saturated heterocycles. The quantitative estimate of drug-likeness (QED) is 0.448. The Kier molecular flexibility index (Phi) is 5.90. The van der Waals surface area contributed by atoms with Crippen molar-refractivity contribution in [1.29, 1.82) is 0 Å². The lowest BCUT2D eigenvalue weighted by atomic mass is 10.1. The second kappa shape index (κ2) is 8.53. The minimum absolute atomic E-state index is 1.05. The number of anilines is 3. The Morgan fingerprint density at radius 3 is 2.00 bits per heavy atom. The molecule has 0 aliphatic heterocycles. The molecule has 0 bridgehead atoms. The van der Waals surface area contributed by atoms with Gasteiger partial charge in [0.2, 0.25) is 0 Å². The molecule has 0 unspecified atom stereocenters. The van der Waals surface area contributed by atoms with Crippen LogP contribution in [-0.2, 0) is 12.8 Å². The summed E-state index contributed by atoms with van der Waals surface area (Å²) in [6.45, 7) is 4.45. The van der Waals surface area contributed by atoms with Gasteiger partial charge in [-0.05, 0) is 66.8 Å². The van der Waals surface area contributed by atoms with E-state index in [0.717, 1.165) is 12.8 Å². The normalized spacial score (nSPS) is 10.6. The number of unbranched alkanes of at least 4 members (excludes halogenated alkanes) is 1. The highest BCUT2D eigenvalue weighted by atomic mass is 15.1. The summed E-state index contributed by atoms with van der Waals surface area (Å²) < 4.78 is 0. The molecule has 128 valence electrons. The molecule has 0 heterocycles. The Bertz CT molecular complexity index is 775. The molecule has 0 aliphatic carbocycles. The number of nitrogens with zero attached hydrogens (tertiary/aromatic N) is 1. The smallest absolute Gasteiger partial charge is 0.0464 e. The molecule has 0 spiro atoms. The Balaban J connectivity index is 1.99. The van der Waals surface area contributed by atoms with Gasteiger partial charge in [-0.1, -0.05) is 62.7 Å². The fourth-order valence-electron chi connectivity index (χ4n) is 3.13. The van der Waals surface area contributed by atoms with Crippen molar-refractivity contribution in [2.45, 2.75) is 39.5 Å². The van der Waals surface area contributed by atoms with E-state index in [0.29, 0.717) is 0 Å². The summed E-state index contributed by atoms with van der Waals surface area (Å²) in [6, 6.07) is 28.5. The van der Waals surface area contributed by atoms with E-state index in [-0.39, 0.29) is 0 Å². The average Bonchev–Trinajstić information content (AvgIpc) is 2.68. The zero-order valence-electron chi connectivity index (χ0n) is 15.3. The number of hydrogen-bond acceptors (Lipinski definition) is 1. The molecule has 1 nitrogen and oxygen atoms in total. The fraction of sp³-hybridized carbons (Fsp3) is 0.250. The first-order valence-electron chi connectivity index (χ1n) is 9.35. The average molecular weight is 329 g/mol. The van der Waals surface area contributed by atoms with Crippen LogP contribution in [0.15, 0.2) is 78.9 Å². The third-order valence-electron chi connectivity index (χ3n) is 4.60. The predicted octanol–water partition coefficient (Wildman–Crippen LogP) is 7.06. The molecule has 0 saturated carbocycles. The van der Waals surface area contributed by atoms with E-state index >= 15 is 0 Å². The van der Waals surface area contributed by atoms with Crippen molar-refractivity contribution in [2.24, 2.45) is 0 Å². The summed E-state index contributed by atoms with van der Waals surface area (Å²) in [5.41, 5.74) is 6.39. The first-order valence-corrected chi connectivity index (χ1v) is 9.35. The minimum Gasteiger partial charge on any atom is -0.310 e. The number of benzene rings is 3. The molecule has 0 radical (unpaired) electrons. The van der Waals surface area contributed by atoms with Gasteiger partial charge in [0.1, 0.15) is 0 Å². The number of para-hydroxylation sites is 1. The summed E-state index contributed by atoms with van der Waals surface area (Å²) >= 11 is 0. The van der Waals surface area contributed by atoms with Gasteiger partial charge in [0.25, 0.3) is 0 Å². The standard InChI is InChI=1S/C24H27N/c1-3-5-10-21-15-17-23(18-16-21)25(22-12-7-6-8-13-22)24-14-9-11-20(4-2)19-24/h6-9,11-19H,3-5,10H2,1-2H3. The molecular formula is C24H27N. The summed E-state index contributed by atoms with van der Waals surface area (Å²) in [4.78, 5) is 2.34. The van der Waals surface area contributed by atoms with Gasteiger partial charge in [0.05, 0.1) is 0 Å². The summed E-state index contributed by atoms with van der Waals surface area (Å²) in [6.07, 6.45) is 4.70. The zero-order valence-corrected chi connectivity index (χ0v) is 15.3. The van der Waals surface area contributed by atoms with Crippen molar-refractivity contribution in [2.75, 3.05) is 4.90 Å². The maximum Gasteiger partial charge on any atom is 0.0464 e. The van der Waals surface area contributed by atoms with Gasteiger partial charge in [0, 0.05) is 17.1 Å². The van der Waals surface area contributed by atoms with Crippen LogP contribution in [0.3, 0.4) is 0 Å². The van der Waals surface area contributed by atoms with Crippen LogP contribution in [0, 0.1) is 0 Å². The number of hydrogen-bond donors (Lipinski definition) is 0. The first-order chi connectivity index (χ1) is 12.3. The number of aryl methyl sites for hydroxylation is 2. The maximum atomic E-state index is 2.34. The lowest BCUT2D eigenvalue weighted by Crippen LogP contribution is -2.10. The van der Waals surface area contributed by atoms with Crippen molar-refractivity contribution in [1.82, 2.24) is 0 Å². The van der Waals surface area contributed by atoms with E-state index in [1.54, 1.807) is 0 Å². The SMILES string of the molecule is CCCCc1ccc(N(c2ccccc2)c2cccc(CC)c2)cc1. The fourth-order valence-corrected chi connectivity index (χ4v) is 3.13. The van der Waals surface area contributed by atoms with Crippen LogP contribution in [0.2, 0.25) is 0 Å². The second-order valence-electron chi connectivity index (χ2n) is 6.46. The van der Waals surface area contributed by atoms with Crippen LogP contribution in [0.5, 0.6) is 0 Å². The van der Waals surface area contributed by atoms with Gasteiger partial charge in [0.15, 0.2) is 0 Å². The van der Waals surface area contributed by atoms with Crippen molar-refractivity contribution in [3.05, 3.63) is 90.0 Å². The molecule has 0 atom stereocenters. The molecule has 3 aromatic rings. The highest BCUT2D eigenvalue weighted by Crippen LogP contribution is 2.34. The van der Waals surface area contributed by atoms with Crippen molar-refractivity contribution >= 4 is 17.1 Å². The van der Waals surface area contributed by atoms with Gasteiger partial charge in [-0.15, -0.1) is 0 Å². The van der Waals surface area contributed by atoms with Gasteiger partial charge < -0.3 is 4.90 Å². The Hall–Kier alpha value is -2.54. The van der Waals surface area contributed by atoms with E-state index in [1.807, 2.05) is 0 Å². The Morgan fingerprint density at radius 1 is 0.640 bits per heavy atom. The van der Waals surface area contributed by atoms with E-state index in [1.165, 1.54) is 41.0 Å². The van der Waals surface area contributed by atoms with E-state index in [9.17, 15) is 0 Å². The van der Waals surface area contributed by atoms with Crippen LogP contribution in [0.4, 0.5) is 17.1 Å². The number of rotatable bonds is 7. The van der Waals surface area contributed by atoms with Crippen LogP contribution >= 0.6 is 0 Å². The zero-order chi connectivity index (χ0) is 17.5. The molecule has 0 N–H and O–H groups in total. The van der Waals surface area contributed by atoms with Gasteiger partial charge >= 0.3 is 0 Å². The van der Waals surface area contributed by atoms with E-state index in [2.05, 4.69) is 97.6 Å². The maximum absolute atomic E-state index is 2.34. The molecule has 0 amide bonds. The monoisotopic (exact) mass is 329 g/mol. The molecule has 3 aromatic carbocycles. The molecular weight excluding hydrogens is 302 g/mol. The highest BCUT2D eigenvalue weighted by molar-refractivity contribution is 5.76. The third-order valence-corrected chi connectivity index (χ3v) is 4.60. The van der Waals surface area contributed by atoms with Gasteiger partial charge in [-0.3, -0.25) is 0 Å². The lowest BCUT2D eigenvalue weighted by Gasteiger charge is -2.26. The van der Waals surface area contributed by atoms with Crippen LogP contribution in [0.1, 0.15) is 37.8 Å². The third kappa shape index (κ3) is 4.30. The van der Waals surface area contributed by atoms with Crippen molar-refractivity contribution in [3.63, 3.8) is 0 Å².